The van der Waals surface area contributed by atoms with E-state index in [4.69, 9.17) is 0 Å². The largest absolute Gasteiger partial charge is 0.342 e. The molecule has 150 valence electrons. The number of amides is 1. The van der Waals surface area contributed by atoms with Crippen molar-refractivity contribution in [3.05, 3.63) is 59.7 Å². The van der Waals surface area contributed by atoms with Crippen molar-refractivity contribution in [3.63, 3.8) is 0 Å². The Morgan fingerprint density at radius 1 is 0.966 bits per heavy atom. The molecule has 1 amide bonds. The number of hydrogen-bond acceptors (Lipinski definition) is 4. The summed E-state index contributed by atoms with van der Waals surface area (Å²) in [7, 11) is 0. The van der Waals surface area contributed by atoms with E-state index in [1.807, 2.05) is 35.2 Å². The fourth-order valence-electron chi connectivity index (χ4n) is 3.60. The van der Waals surface area contributed by atoms with Crippen LogP contribution in [0.2, 0.25) is 0 Å². The van der Waals surface area contributed by atoms with Gasteiger partial charge in [0, 0.05) is 24.3 Å². The molecule has 1 fully saturated rings. The second-order valence-corrected chi connectivity index (χ2v) is 8.45. The zero-order valence-electron chi connectivity index (χ0n) is 17.0. The number of para-hydroxylation sites is 1. The summed E-state index contributed by atoms with van der Waals surface area (Å²) in [5.41, 5.74) is 4.50. The lowest BCUT2D eigenvalue weighted by Gasteiger charge is -2.26. The van der Waals surface area contributed by atoms with Crippen LogP contribution in [0.1, 0.15) is 30.4 Å². The predicted molar refractivity (Wildman–Crippen MR) is 117 cm³/mol. The molecule has 6 heteroatoms. The second kappa shape index (κ2) is 8.82. The van der Waals surface area contributed by atoms with E-state index in [0.717, 1.165) is 48.2 Å². The summed E-state index contributed by atoms with van der Waals surface area (Å²) in [5.74, 6) is 1.37. The first-order valence-electron chi connectivity index (χ1n) is 10.1. The van der Waals surface area contributed by atoms with Gasteiger partial charge in [0.2, 0.25) is 5.91 Å². The highest BCUT2D eigenvalue weighted by atomic mass is 32.2. The zero-order chi connectivity index (χ0) is 20.2. The summed E-state index contributed by atoms with van der Waals surface area (Å²) in [6.07, 6.45) is 3.43. The molecule has 3 aromatic rings. The molecule has 5 nitrogen and oxygen atoms in total. The SMILES string of the molecule is Cc1ccc(-c2nnc(SCC(=O)N3CCCCC3)n2-c2ccccc2)cc1C. The lowest BCUT2D eigenvalue weighted by atomic mass is 10.1. The van der Waals surface area contributed by atoms with Crippen LogP contribution in [-0.4, -0.2) is 44.4 Å². The third kappa shape index (κ3) is 4.37. The number of thioether (sulfide) groups is 1. The van der Waals surface area contributed by atoms with Gasteiger partial charge in [0.25, 0.3) is 0 Å². The number of rotatable bonds is 5. The molecule has 1 aliphatic heterocycles. The lowest BCUT2D eigenvalue weighted by Crippen LogP contribution is -2.36. The van der Waals surface area contributed by atoms with Crippen molar-refractivity contribution >= 4 is 17.7 Å². The van der Waals surface area contributed by atoms with Crippen molar-refractivity contribution < 1.29 is 4.79 Å². The van der Waals surface area contributed by atoms with Crippen LogP contribution in [-0.2, 0) is 4.79 Å². The molecule has 0 aliphatic carbocycles. The topological polar surface area (TPSA) is 51.0 Å². The maximum atomic E-state index is 12.6. The Bertz CT molecular complexity index is 993. The molecule has 0 spiro atoms. The smallest absolute Gasteiger partial charge is 0.233 e. The molecule has 0 radical (unpaired) electrons. The van der Waals surface area contributed by atoms with E-state index in [-0.39, 0.29) is 5.91 Å². The lowest BCUT2D eigenvalue weighted by molar-refractivity contribution is -0.129. The van der Waals surface area contributed by atoms with Crippen LogP contribution in [0.4, 0.5) is 0 Å². The van der Waals surface area contributed by atoms with Gasteiger partial charge in [0.1, 0.15) is 0 Å². The Kier molecular flexibility index (Phi) is 6.00. The van der Waals surface area contributed by atoms with Gasteiger partial charge in [0.05, 0.1) is 5.75 Å². The van der Waals surface area contributed by atoms with E-state index in [0.29, 0.717) is 5.75 Å². The molecule has 0 atom stereocenters. The van der Waals surface area contributed by atoms with Gasteiger partial charge in [0.15, 0.2) is 11.0 Å². The van der Waals surface area contributed by atoms with E-state index >= 15 is 0 Å². The monoisotopic (exact) mass is 406 g/mol. The first kappa shape index (κ1) is 19.7. The van der Waals surface area contributed by atoms with Crippen molar-refractivity contribution in [3.8, 4) is 17.1 Å². The van der Waals surface area contributed by atoms with Crippen LogP contribution >= 0.6 is 11.8 Å². The van der Waals surface area contributed by atoms with Crippen LogP contribution in [0.15, 0.2) is 53.7 Å². The van der Waals surface area contributed by atoms with Gasteiger partial charge in [-0.3, -0.25) is 9.36 Å². The fraction of sp³-hybridized carbons (Fsp3) is 0.348. The quantitative estimate of drug-likeness (QED) is 0.579. The molecule has 1 saturated heterocycles. The number of carbonyl (C=O) groups is 1. The Morgan fingerprint density at radius 3 is 2.45 bits per heavy atom. The van der Waals surface area contributed by atoms with Crippen molar-refractivity contribution in [2.45, 2.75) is 38.3 Å². The maximum Gasteiger partial charge on any atom is 0.233 e. The van der Waals surface area contributed by atoms with Gasteiger partial charge in [-0.05, 0) is 62.4 Å². The predicted octanol–water partition coefficient (Wildman–Crippen LogP) is 4.66. The molecule has 29 heavy (non-hydrogen) atoms. The van der Waals surface area contributed by atoms with Crippen LogP contribution in [0.3, 0.4) is 0 Å². The maximum absolute atomic E-state index is 12.6. The van der Waals surface area contributed by atoms with E-state index in [1.165, 1.54) is 29.3 Å². The molecule has 2 aromatic carbocycles. The van der Waals surface area contributed by atoms with Crippen molar-refractivity contribution in [1.29, 1.82) is 0 Å². The number of aromatic nitrogens is 3. The van der Waals surface area contributed by atoms with E-state index in [9.17, 15) is 4.79 Å². The average Bonchev–Trinajstić information content (AvgIpc) is 3.19. The van der Waals surface area contributed by atoms with Crippen molar-refractivity contribution in [2.75, 3.05) is 18.8 Å². The van der Waals surface area contributed by atoms with Crippen molar-refractivity contribution in [1.82, 2.24) is 19.7 Å². The summed E-state index contributed by atoms with van der Waals surface area (Å²) in [6, 6.07) is 16.4. The first-order valence-corrected chi connectivity index (χ1v) is 11.1. The van der Waals surface area contributed by atoms with Crippen LogP contribution in [0.5, 0.6) is 0 Å². The number of aryl methyl sites for hydroxylation is 2. The summed E-state index contributed by atoms with van der Waals surface area (Å²) >= 11 is 1.46. The molecule has 1 aliphatic rings. The Hall–Kier alpha value is -2.60. The van der Waals surface area contributed by atoms with Gasteiger partial charge in [-0.15, -0.1) is 10.2 Å². The molecule has 0 unspecified atom stereocenters. The Labute approximate surface area is 176 Å². The average molecular weight is 407 g/mol. The van der Waals surface area contributed by atoms with Crippen LogP contribution in [0, 0.1) is 13.8 Å². The number of likely N-dealkylation sites (tertiary alicyclic amines) is 1. The molecule has 4 rings (SSSR count). The molecule has 2 heterocycles. The van der Waals surface area contributed by atoms with E-state index in [1.54, 1.807) is 0 Å². The van der Waals surface area contributed by atoms with Gasteiger partial charge in [-0.2, -0.15) is 0 Å². The number of benzene rings is 2. The van der Waals surface area contributed by atoms with E-state index in [2.05, 4.69) is 46.8 Å². The minimum Gasteiger partial charge on any atom is -0.342 e. The third-order valence-corrected chi connectivity index (χ3v) is 6.36. The highest BCUT2D eigenvalue weighted by Crippen LogP contribution is 2.29. The number of carbonyl (C=O) groups excluding carboxylic acids is 1. The summed E-state index contributed by atoms with van der Waals surface area (Å²) in [4.78, 5) is 14.6. The molecule has 1 aromatic heterocycles. The summed E-state index contributed by atoms with van der Waals surface area (Å²) < 4.78 is 2.05. The highest BCUT2D eigenvalue weighted by Gasteiger charge is 2.20. The normalized spacial score (nSPS) is 14.2. The first-order chi connectivity index (χ1) is 14.1. The minimum absolute atomic E-state index is 0.185. The van der Waals surface area contributed by atoms with E-state index < -0.39 is 0 Å². The highest BCUT2D eigenvalue weighted by molar-refractivity contribution is 7.99. The number of nitrogens with zero attached hydrogens (tertiary/aromatic N) is 4. The Balaban J connectivity index is 1.64. The van der Waals surface area contributed by atoms with Gasteiger partial charge < -0.3 is 4.90 Å². The van der Waals surface area contributed by atoms with Crippen molar-refractivity contribution in [2.24, 2.45) is 0 Å². The molecule has 0 saturated carbocycles. The Morgan fingerprint density at radius 2 is 1.72 bits per heavy atom. The fourth-order valence-corrected chi connectivity index (χ4v) is 4.46. The number of hydrogen-bond donors (Lipinski definition) is 0. The van der Waals surface area contributed by atoms with Gasteiger partial charge in [-0.1, -0.05) is 42.1 Å². The second-order valence-electron chi connectivity index (χ2n) is 7.51. The summed E-state index contributed by atoms with van der Waals surface area (Å²) in [6.45, 7) is 5.96. The van der Waals surface area contributed by atoms with Gasteiger partial charge in [-0.25, -0.2) is 0 Å². The zero-order valence-corrected chi connectivity index (χ0v) is 17.8. The molecule has 0 N–H and O–H groups in total. The molecule has 0 bridgehead atoms. The minimum atomic E-state index is 0.185. The van der Waals surface area contributed by atoms with Crippen LogP contribution in [0.25, 0.3) is 17.1 Å². The van der Waals surface area contributed by atoms with Gasteiger partial charge >= 0.3 is 0 Å². The van der Waals surface area contributed by atoms with Crippen LogP contribution < -0.4 is 0 Å². The third-order valence-electron chi connectivity index (χ3n) is 5.45. The molecular formula is C23H26N4OS. The standard InChI is InChI=1S/C23H26N4OS/c1-17-11-12-19(15-18(17)2)22-24-25-23(27(22)20-9-5-3-6-10-20)29-16-21(28)26-13-7-4-8-14-26/h3,5-6,9-12,15H,4,7-8,13-14,16H2,1-2H3. The number of piperidine rings is 1. The summed E-state index contributed by atoms with van der Waals surface area (Å²) in [5, 5.41) is 9.68. The molecular weight excluding hydrogens is 380 g/mol.